The molecule has 0 radical (unpaired) electrons. The lowest BCUT2D eigenvalue weighted by Crippen LogP contribution is -2.56. The van der Waals surface area contributed by atoms with Crippen molar-refractivity contribution < 1.29 is 4.79 Å². The Balaban J connectivity index is 1.90. The lowest BCUT2D eigenvalue weighted by atomic mass is 9.68. The number of carbonyl (C=O) groups is 1. The molecule has 2 fully saturated rings. The fourth-order valence-electron chi connectivity index (χ4n) is 4.28. The van der Waals surface area contributed by atoms with E-state index in [2.05, 4.69) is 24.9 Å². The maximum atomic E-state index is 11.8. The van der Waals surface area contributed by atoms with Crippen molar-refractivity contribution in [3.05, 3.63) is 12.3 Å². The molecule has 94 valence electrons. The summed E-state index contributed by atoms with van der Waals surface area (Å²) in [6, 6.07) is 1.19. The van der Waals surface area contributed by atoms with E-state index in [9.17, 15) is 4.79 Å². The first-order valence-corrected chi connectivity index (χ1v) is 7.18. The van der Waals surface area contributed by atoms with E-state index in [1.165, 1.54) is 32.1 Å². The highest BCUT2D eigenvalue weighted by atomic mass is 16.1. The average molecular weight is 233 g/mol. The standard InChI is InChI=1S/C15H23NO/c1-10-9-14-11(2)15(17)7-8-16(14)13-6-4-3-5-12(10)13/h7-8,10-14H,3-6,9H2,1-2H3. The van der Waals surface area contributed by atoms with E-state index < -0.39 is 0 Å². The smallest absolute Gasteiger partial charge is 0.161 e. The predicted octanol–water partition coefficient (Wildman–Crippen LogP) is 2.99. The molecule has 3 aliphatic rings. The van der Waals surface area contributed by atoms with Gasteiger partial charge in [-0.25, -0.2) is 0 Å². The molecule has 3 rings (SSSR count). The first kappa shape index (κ1) is 11.3. The number of hydrogen-bond donors (Lipinski definition) is 0. The quantitative estimate of drug-likeness (QED) is 0.641. The molecule has 17 heavy (non-hydrogen) atoms. The fourth-order valence-corrected chi connectivity index (χ4v) is 4.28. The summed E-state index contributed by atoms with van der Waals surface area (Å²) >= 11 is 0. The molecule has 0 aromatic heterocycles. The van der Waals surface area contributed by atoms with Crippen molar-refractivity contribution in [3.8, 4) is 0 Å². The molecule has 5 unspecified atom stereocenters. The second-order valence-corrected chi connectivity index (χ2v) is 6.25. The highest BCUT2D eigenvalue weighted by Gasteiger charge is 2.44. The Labute approximate surface area is 104 Å². The molecule has 0 amide bonds. The normalized spacial score (nSPS) is 45.4. The largest absolute Gasteiger partial charge is 0.370 e. The molecular formula is C15H23NO. The van der Waals surface area contributed by atoms with Gasteiger partial charge in [-0.1, -0.05) is 26.7 Å². The molecule has 2 heteroatoms. The highest BCUT2D eigenvalue weighted by molar-refractivity contribution is 5.92. The Bertz CT molecular complexity index is 349. The Morgan fingerprint density at radius 3 is 2.76 bits per heavy atom. The topological polar surface area (TPSA) is 20.3 Å². The van der Waals surface area contributed by atoms with Gasteiger partial charge in [0.1, 0.15) is 0 Å². The monoisotopic (exact) mass is 233 g/mol. The molecule has 1 saturated heterocycles. The number of hydrogen-bond acceptors (Lipinski definition) is 2. The van der Waals surface area contributed by atoms with Gasteiger partial charge in [-0.05, 0) is 37.2 Å². The predicted molar refractivity (Wildman–Crippen MR) is 68.5 cm³/mol. The average Bonchev–Trinajstić information content (AvgIpc) is 2.35. The number of rotatable bonds is 0. The van der Waals surface area contributed by atoms with Crippen molar-refractivity contribution in [1.82, 2.24) is 4.90 Å². The lowest BCUT2D eigenvalue weighted by Gasteiger charge is -2.53. The van der Waals surface area contributed by atoms with E-state index in [1.54, 1.807) is 0 Å². The summed E-state index contributed by atoms with van der Waals surface area (Å²) in [5.74, 6) is 2.19. The molecular weight excluding hydrogens is 210 g/mol. The molecule has 5 atom stereocenters. The third-order valence-electron chi connectivity index (χ3n) is 5.33. The van der Waals surface area contributed by atoms with Gasteiger partial charge in [0.25, 0.3) is 0 Å². The summed E-state index contributed by atoms with van der Waals surface area (Å²) in [6.07, 6.45) is 10.6. The number of ketones is 1. The van der Waals surface area contributed by atoms with Gasteiger partial charge in [0.2, 0.25) is 0 Å². The minimum Gasteiger partial charge on any atom is -0.370 e. The second-order valence-electron chi connectivity index (χ2n) is 6.25. The van der Waals surface area contributed by atoms with Gasteiger partial charge in [0.05, 0.1) is 0 Å². The van der Waals surface area contributed by atoms with E-state index in [4.69, 9.17) is 0 Å². The van der Waals surface area contributed by atoms with Crippen LogP contribution in [0.2, 0.25) is 0 Å². The zero-order valence-corrected chi connectivity index (χ0v) is 10.9. The number of carbonyl (C=O) groups excluding carboxylic acids is 1. The summed E-state index contributed by atoms with van der Waals surface area (Å²) in [4.78, 5) is 14.3. The van der Waals surface area contributed by atoms with Gasteiger partial charge in [-0.3, -0.25) is 4.79 Å². The summed E-state index contributed by atoms with van der Waals surface area (Å²) in [5.41, 5.74) is 0. The molecule has 2 nitrogen and oxygen atoms in total. The molecule has 1 aliphatic carbocycles. The van der Waals surface area contributed by atoms with Crippen molar-refractivity contribution in [2.75, 3.05) is 0 Å². The van der Waals surface area contributed by atoms with Crippen LogP contribution in [0.1, 0.15) is 46.0 Å². The molecule has 0 aromatic rings. The van der Waals surface area contributed by atoms with Crippen LogP contribution in [0.3, 0.4) is 0 Å². The zero-order valence-electron chi connectivity index (χ0n) is 10.9. The minimum absolute atomic E-state index is 0.199. The van der Waals surface area contributed by atoms with Gasteiger partial charge in [0.15, 0.2) is 5.78 Å². The van der Waals surface area contributed by atoms with Crippen LogP contribution in [0, 0.1) is 17.8 Å². The van der Waals surface area contributed by atoms with E-state index in [0.717, 1.165) is 11.8 Å². The summed E-state index contributed by atoms with van der Waals surface area (Å²) in [7, 11) is 0. The van der Waals surface area contributed by atoms with E-state index in [1.807, 2.05) is 6.08 Å². The lowest BCUT2D eigenvalue weighted by molar-refractivity contribution is -0.123. The van der Waals surface area contributed by atoms with Crippen LogP contribution >= 0.6 is 0 Å². The summed E-state index contributed by atoms with van der Waals surface area (Å²) in [5, 5.41) is 0. The maximum absolute atomic E-state index is 11.8. The number of piperidine rings is 1. The molecule has 2 aliphatic heterocycles. The minimum atomic E-state index is 0.199. The van der Waals surface area contributed by atoms with Crippen molar-refractivity contribution in [3.63, 3.8) is 0 Å². The Morgan fingerprint density at radius 1 is 1.18 bits per heavy atom. The first-order chi connectivity index (χ1) is 8.18. The van der Waals surface area contributed by atoms with Gasteiger partial charge in [0, 0.05) is 24.2 Å². The van der Waals surface area contributed by atoms with Crippen molar-refractivity contribution in [2.45, 2.75) is 58.0 Å². The molecule has 2 heterocycles. The fraction of sp³-hybridized carbons (Fsp3) is 0.800. The van der Waals surface area contributed by atoms with Crippen LogP contribution in [0.15, 0.2) is 12.3 Å². The van der Waals surface area contributed by atoms with Crippen molar-refractivity contribution in [2.24, 2.45) is 17.8 Å². The third kappa shape index (κ3) is 1.73. The molecule has 0 bridgehead atoms. The van der Waals surface area contributed by atoms with Crippen molar-refractivity contribution >= 4 is 5.78 Å². The SMILES string of the molecule is CC1CC2C(C)C(=O)C=CN2C2CCCCC12. The van der Waals surface area contributed by atoms with Crippen LogP contribution in [-0.4, -0.2) is 22.8 Å². The number of nitrogens with zero attached hydrogens (tertiary/aromatic N) is 1. The van der Waals surface area contributed by atoms with Crippen LogP contribution < -0.4 is 0 Å². The molecule has 0 aromatic carbocycles. The van der Waals surface area contributed by atoms with E-state index >= 15 is 0 Å². The summed E-state index contributed by atoms with van der Waals surface area (Å²) < 4.78 is 0. The Kier molecular flexibility index (Phi) is 2.76. The molecule has 0 N–H and O–H groups in total. The van der Waals surface area contributed by atoms with Gasteiger partial charge < -0.3 is 4.90 Å². The maximum Gasteiger partial charge on any atom is 0.161 e. The third-order valence-corrected chi connectivity index (χ3v) is 5.33. The van der Waals surface area contributed by atoms with Crippen LogP contribution in [0.25, 0.3) is 0 Å². The summed E-state index contributed by atoms with van der Waals surface area (Å²) in [6.45, 7) is 4.51. The van der Waals surface area contributed by atoms with Gasteiger partial charge in [-0.15, -0.1) is 0 Å². The van der Waals surface area contributed by atoms with Crippen LogP contribution in [0.5, 0.6) is 0 Å². The van der Waals surface area contributed by atoms with Crippen LogP contribution in [-0.2, 0) is 4.79 Å². The Morgan fingerprint density at radius 2 is 1.94 bits per heavy atom. The number of fused-ring (bicyclic) bond motifs is 3. The zero-order chi connectivity index (χ0) is 12.0. The van der Waals surface area contributed by atoms with Crippen LogP contribution in [0.4, 0.5) is 0 Å². The van der Waals surface area contributed by atoms with E-state index in [0.29, 0.717) is 17.9 Å². The second kappa shape index (κ2) is 4.15. The number of allylic oxidation sites excluding steroid dienone is 1. The van der Waals surface area contributed by atoms with Crippen molar-refractivity contribution in [1.29, 1.82) is 0 Å². The van der Waals surface area contributed by atoms with E-state index in [-0.39, 0.29) is 5.92 Å². The molecule has 0 spiro atoms. The van der Waals surface area contributed by atoms with Gasteiger partial charge >= 0.3 is 0 Å². The highest BCUT2D eigenvalue weighted by Crippen LogP contribution is 2.44. The van der Waals surface area contributed by atoms with Gasteiger partial charge in [-0.2, -0.15) is 0 Å². The molecule has 1 saturated carbocycles. The first-order valence-electron chi connectivity index (χ1n) is 7.18. The Hall–Kier alpha value is -0.790.